The summed E-state index contributed by atoms with van der Waals surface area (Å²) in [5, 5.41) is 8.89. The van der Waals surface area contributed by atoms with Crippen LogP contribution in [0.2, 0.25) is 0 Å². The molecule has 6 nitrogen and oxygen atoms in total. The van der Waals surface area contributed by atoms with E-state index >= 15 is 0 Å². The Morgan fingerprint density at radius 2 is 2.00 bits per heavy atom. The van der Waals surface area contributed by atoms with E-state index in [4.69, 9.17) is 5.11 Å². The summed E-state index contributed by atoms with van der Waals surface area (Å²) >= 11 is 0. The van der Waals surface area contributed by atoms with E-state index in [1.807, 2.05) is 20.8 Å². The molecule has 1 heterocycles. The number of sulfonamides is 1. The number of nitrogens with one attached hydrogen (secondary N) is 1. The zero-order chi connectivity index (χ0) is 15.2. The topological polar surface area (TPSA) is 82.5 Å². The molecule has 1 rings (SSSR count). The third kappa shape index (κ3) is 4.82. The number of hydrogen-bond acceptors (Lipinski definition) is 5. The van der Waals surface area contributed by atoms with Gasteiger partial charge in [0.1, 0.15) is 0 Å². The van der Waals surface area contributed by atoms with E-state index in [9.17, 15) is 8.42 Å². The number of rotatable bonds is 8. The average Bonchev–Trinajstić information content (AvgIpc) is 2.44. The minimum absolute atomic E-state index is 0.0268. The summed E-state index contributed by atoms with van der Waals surface area (Å²) in [5.41, 5.74) is 0.583. The molecule has 0 amide bonds. The van der Waals surface area contributed by atoms with Gasteiger partial charge in [-0.25, -0.2) is 18.1 Å². The lowest BCUT2D eigenvalue weighted by Crippen LogP contribution is -2.42. The number of aromatic nitrogens is 1. The van der Waals surface area contributed by atoms with Crippen molar-refractivity contribution in [1.29, 1.82) is 0 Å². The number of hydrogen-bond donors (Lipinski definition) is 2. The van der Waals surface area contributed by atoms with E-state index in [-0.39, 0.29) is 17.7 Å². The standard InChI is InChI=1S/C13H23N3O3S/c1-4-16(5-2)9-11(3)15-20(18,19)13-7-6-12(10-17)8-14-13/h6-8,11,15,17H,4-5,9-10H2,1-3H3. The van der Waals surface area contributed by atoms with Crippen molar-refractivity contribution in [2.24, 2.45) is 0 Å². The van der Waals surface area contributed by atoms with Crippen molar-refractivity contribution in [3.05, 3.63) is 23.9 Å². The second-order valence-corrected chi connectivity index (χ2v) is 6.33. The van der Waals surface area contributed by atoms with Gasteiger partial charge in [0, 0.05) is 18.8 Å². The van der Waals surface area contributed by atoms with Crippen LogP contribution in [0.15, 0.2) is 23.4 Å². The van der Waals surface area contributed by atoms with Crippen molar-refractivity contribution < 1.29 is 13.5 Å². The van der Waals surface area contributed by atoms with Gasteiger partial charge < -0.3 is 10.0 Å². The Kier molecular flexibility index (Phi) is 6.54. The molecule has 0 aromatic carbocycles. The fourth-order valence-electron chi connectivity index (χ4n) is 1.90. The summed E-state index contributed by atoms with van der Waals surface area (Å²) < 4.78 is 26.9. The molecule has 1 aromatic heterocycles. The quantitative estimate of drug-likeness (QED) is 0.734. The molecule has 0 bridgehead atoms. The van der Waals surface area contributed by atoms with Gasteiger partial charge in [-0.2, -0.15) is 0 Å². The third-order valence-electron chi connectivity index (χ3n) is 3.04. The predicted molar refractivity (Wildman–Crippen MR) is 77.7 cm³/mol. The SMILES string of the molecule is CCN(CC)CC(C)NS(=O)(=O)c1ccc(CO)cn1. The van der Waals surface area contributed by atoms with Gasteiger partial charge in [-0.05, 0) is 31.6 Å². The lowest BCUT2D eigenvalue weighted by atomic mass is 10.3. The molecule has 2 N–H and O–H groups in total. The summed E-state index contributed by atoms with van der Waals surface area (Å²) in [7, 11) is -3.62. The molecule has 0 aliphatic rings. The minimum atomic E-state index is -3.62. The zero-order valence-corrected chi connectivity index (χ0v) is 13.0. The summed E-state index contributed by atoms with van der Waals surface area (Å²) in [6.07, 6.45) is 1.36. The molecule has 1 atom stereocenters. The minimum Gasteiger partial charge on any atom is -0.392 e. The number of nitrogens with zero attached hydrogens (tertiary/aromatic N) is 2. The monoisotopic (exact) mass is 301 g/mol. The van der Waals surface area contributed by atoms with Crippen LogP contribution in [0.25, 0.3) is 0 Å². The van der Waals surface area contributed by atoms with Crippen molar-refractivity contribution in [2.75, 3.05) is 19.6 Å². The Labute approximate surface area is 120 Å². The Balaban J connectivity index is 2.73. The second-order valence-electron chi connectivity index (χ2n) is 4.67. The number of likely N-dealkylation sites (N-methyl/N-ethyl adjacent to an activating group) is 1. The molecular weight excluding hydrogens is 278 g/mol. The highest BCUT2D eigenvalue weighted by Gasteiger charge is 2.19. The Morgan fingerprint density at radius 3 is 2.45 bits per heavy atom. The molecule has 114 valence electrons. The molecule has 1 aromatic rings. The highest BCUT2D eigenvalue weighted by Crippen LogP contribution is 2.07. The number of aliphatic hydroxyl groups is 1. The summed E-state index contributed by atoms with van der Waals surface area (Å²) in [6.45, 7) is 8.18. The zero-order valence-electron chi connectivity index (χ0n) is 12.2. The highest BCUT2D eigenvalue weighted by molar-refractivity contribution is 7.89. The van der Waals surface area contributed by atoms with E-state index in [2.05, 4.69) is 14.6 Å². The van der Waals surface area contributed by atoms with Crippen LogP contribution in [0.4, 0.5) is 0 Å². The predicted octanol–water partition coefficient (Wildman–Crippen LogP) is 0.582. The fraction of sp³-hybridized carbons (Fsp3) is 0.615. The first-order chi connectivity index (χ1) is 9.42. The van der Waals surface area contributed by atoms with Gasteiger partial charge in [-0.3, -0.25) is 0 Å². The van der Waals surface area contributed by atoms with Gasteiger partial charge in [0.2, 0.25) is 0 Å². The lowest BCUT2D eigenvalue weighted by Gasteiger charge is -2.23. The Bertz CT molecular complexity index is 498. The van der Waals surface area contributed by atoms with E-state index in [1.165, 1.54) is 12.3 Å². The fourth-order valence-corrected chi connectivity index (χ4v) is 3.06. The van der Waals surface area contributed by atoms with E-state index < -0.39 is 10.0 Å². The van der Waals surface area contributed by atoms with Crippen molar-refractivity contribution in [1.82, 2.24) is 14.6 Å². The molecule has 0 fully saturated rings. The molecular formula is C13H23N3O3S. The summed E-state index contributed by atoms with van der Waals surface area (Å²) in [6, 6.07) is 2.76. The van der Waals surface area contributed by atoms with Gasteiger partial charge in [0.05, 0.1) is 6.61 Å². The van der Waals surface area contributed by atoms with Crippen LogP contribution >= 0.6 is 0 Å². The molecule has 0 aliphatic heterocycles. The normalized spacial score (nSPS) is 13.7. The van der Waals surface area contributed by atoms with Crippen molar-refractivity contribution in [3.8, 4) is 0 Å². The van der Waals surface area contributed by atoms with Crippen molar-refractivity contribution >= 4 is 10.0 Å². The molecule has 20 heavy (non-hydrogen) atoms. The van der Waals surface area contributed by atoms with Crippen LogP contribution in [0.5, 0.6) is 0 Å². The van der Waals surface area contributed by atoms with E-state index in [0.29, 0.717) is 12.1 Å². The lowest BCUT2D eigenvalue weighted by molar-refractivity contribution is 0.281. The first kappa shape index (κ1) is 17.0. The van der Waals surface area contributed by atoms with Gasteiger partial charge >= 0.3 is 0 Å². The summed E-state index contributed by atoms with van der Waals surface area (Å²) in [4.78, 5) is 6.02. The van der Waals surface area contributed by atoms with Crippen LogP contribution in [-0.2, 0) is 16.6 Å². The Hall–Kier alpha value is -1.02. The molecule has 7 heteroatoms. The number of aliphatic hydroxyl groups excluding tert-OH is 1. The van der Waals surface area contributed by atoms with Crippen molar-refractivity contribution in [3.63, 3.8) is 0 Å². The third-order valence-corrected chi connectivity index (χ3v) is 4.54. The molecule has 0 radical (unpaired) electrons. The number of pyridine rings is 1. The second kappa shape index (κ2) is 7.68. The molecule has 0 saturated heterocycles. The smallest absolute Gasteiger partial charge is 0.258 e. The van der Waals surface area contributed by atoms with Gasteiger partial charge in [-0.1, -0.05) is 19.9 Å². The van der Waals surface area contributed by atoms with Crippen LogP contribution in [0, 0.1) is 0 Å². The summed E-state index contributed by atoms with van der Waals surface area (Å²) in [5.74, 6) is 0. The molecule has 1 unspecified atom stereocenters. The maximum Gasteiger partial charge on any atom is 0.258 e. The van der Waals surface area contributed by atoms with E-state index in [1.54, 1.807) is 6.07 Å². The van der Waals surface area contributed by atoms with Gasteiger partial charge in [-0.15, -0.1) is 0 Å². The van der Waals surface area contributed by atoms with Gasteiger partial charge in [0.15, 0.2) is 5.03 Å². The average molecular weight is 301 g/mol. The van der Waals surface area contributed by atoms with Crippen molar-refractivity contribution in [2.45, 2.75) is 38.4 Å². The highest BCUT2D eigenvalue weighted by atomic mass is 32.2. The van der Waals surface area contributed by atoms with Crippen LogP contribution in [0.3, 0.4) is 0 Å². The van der Waals surface area contributed by atoms with E-state index in [0.717, 1.165) is 13.1 Å². The van der Waals surface area contributed by atoms with Crippen LogP contribution in [0.1, 0.15) is 26.3 Å². The maximum atomic E-state index is 12.1. The first-order valence-corrected chi connectivity index (χ1v) is 8.21. The maximum absolute atomic E-state index is 12.1. The molecule has 0 spiro atoms. The molecule has 0 saturated carbocycles. The van der Waals surface area contributed by atoms with Crippen LogP contribution < -0.4 is 4.72 Å². The first-order valence-electron chi connectivity index (χ1n) is 6.73. The largest absolute Gasteiger partial charge is 0.392 e. The van der Waals surface area contributed by atoms with Crippen LogP contribution in [-0.4, -0.2) is 49.1 Å². The molecule has 0 aliphatic carbocycles. The Morgan fingerprint density at radius 1 is 1.35 bits per heavy atom. The van der Waals surface area contributed by atoms with Gasteiger partial charge in [0.25, 0.3) is 10.0 Å².